The van der Waals surface area contributed by atoms with Crippen LogP contribution in [0, 0.1) is 0 Å². The molecular formula is C18H23ClN2O2S. The number of carbonyl (C=O) groups is 1. The van der Waals surface area contributed by atoms with Crippen molar-refractivity contribution in [2.24, 2.45) is 4.99 Å². The summed E-state index contributed by atoms with van der Waals surface area (Å²) < 4.78 is 0. The number of hydroxylamine groups is 1. The molecule has 0 unspecified atom stereocenters. The molecule has 1 amide bonds. The van der Waals surface area contributed by atoms with Crippen LogP contribution in [0.25, 0.3) is 0 Å². The van der Waals surface area contributed by atoms with Crippen molar-refractivity contribution in [3.63, 3.8) is 0 Å². The maximum Gasteiger partial charge on any atom is 0.247 e. The molecule has 1 aliphatic heterocycles. The first-order chi connectivity index (χ1) is 11.5. The van der Waals surface area contributed by atoms with Crippen LogP contribution in [0.4, 0.5) is 0 Å². The van der Waals surface area contributed by atoms with Gasteiger partial charge in [0.25, 0.3) is 0 Å². The second-order valence-corrected chi connectivity index (χ2v) is 6.36. The molecule has 1 heterocycles. The summed E-state index contributed by atoms with van der Waals surface area (Å²) in [6.07, 6.45) is 4.95. The second-order valence-electron chi connectivity index (χ2n) is 4.87. The Morgan fingerprint density at radius 2 is 2.12 bits per heavy atom. The Labute approximate surface area is 153 Å². The zero-order valence-electron chi connectivity index (χ0n) is 14.4. The average Bonchev–Trinajstić information content (AvgIpc) is 2.70. The van der Waals surface area contributed by atoms with Crippen LogP contribution < -0.4 is 5.48 Å². The second kappa shape index (κ2) is 11.1. The van der Waals surface area contributed by atoms with Crippen molar-refractivity contribution in [3.05, 3.63) is 52.6 Å². The van der Waals surface area contributed by atoms with Gasteiger partial charge in [-0.25, -0.2) is 10.5 Å². The zero-order valence-corrected chi connectivity index (χ0v) is 16.0. The fraction of sp³-hybridized carbons (Fsp3) is 0.333. The van der Waals surface area contributed by atoms with E-state index in [-0.39, 0.29) is 5.91 Å². The van der Waals surface area contributed by atoms with Crippen molar-refractivity contribution < 1.29 is 9.63 Å². The molecule has 1 N–H and O–H groups in total. The number of nitrogens with zero attached hydrogens (tertiary/aromatic N) is 1. The van der Waals surface area contributed by atoms with Crippen LogP contribution in [0.1, 0.15) is 39.2 Å². The lowest BCUT2D eigenvalue weighted by Crippen LogP contribution is -2.20. The van der Waals surface area contributed by atoms with Gasteiger partial charge >= 0.3 is 0 Å². The number of hydrogen-bond donors (Lipinski definition) is 1. The van der Waals surface area contributed by atoms with Gasteiger partial charge in [0, 0.05) is 27.5 Å². The van der Waals surface area contributed by atoms with Crippen molar-refractivity contribution in [1.82, 2.24) is 5.48 Å². The molecule has 0 aromatic heterocycles. The van der Waals surface area contributed by atoms with Gasteiger partial charge in [-0.05, 0) is 26.3 Å². The highest BCUT2D eigenvalue weighted by Gasteiger charge is 2.14. The van der Waals surface area contributed by atoms with Crippen LogP contribution in [0.3, 0.4) is 0 Å². The molecule has 24 heavy (non-hydrogen) atoms. The molecule has 0 fully saturated rings. The number of allylic oxidation sites excluding steroid dienone is 3. The maximum absolute atomic E-state index is 10.5. The van der Waals surface area contributed by atoms with Crippen LogP contribution in [0.5, 0.6) is 0 Å². The van der Waals surface area contributed by atoms with E-state index in [0.29, 0.717) is 11.6 Å². The molecule has 0 bridgehead atoms. The maximum atomic E-state index is 10.5. The van der Waals surface area contributed by atoms with Crippen LogP contribution in [-0.2, 0) is 9.63 Å². The average molecular weight is 367 g/mol. The minimum absolute atomic E-state index is 0.129. The van der Waals surface area contributed by atoms with Crippen molar-refractivity contribution in [2.75, 3.05) is 7.11 Å². The summed E-state index contributed by atoms with van der Waals surface area (Å²) in [7, 11) is 1.41. The summed E-state index contributed by atoms with van der Waals surface area (Å²) in [5.74, 6) is -0.129. The number of benzene rings is 1. The Morgan fingerprint density at radius 1 is 1.42 bits per heavy atom. The molecule has 1 aromatic rings. The highest BCUT2D eigenvalue weighted by molar-refractivity contribution is 8.03. The molecule has 4 nitrogen and oxygen atoms in total. The van der Waals surface area contributed by atoms with Crippen LogP contribution in [0.15, 0.2) is 56.9 Å². The van der Waals surface area contributed by atoms with E-state index in [1.807, 2.05) is 38.1 Å². The van der Waals surface area contributed by atoms with Gasteiger partial charge in [0.1, 0.15) is 5.17 Å². The van der Waals surface area contributed by atoms with E-state index < -0.39 is 0 Å². The number of fused-ring (bicyclic) bond motifs is 1. The summed E-state index contributed by atoms with van der Waals surface area (Å²) in [6, 6.07) is 8.12. The van der Waals surface area contributed by atoms with Gasteiger partial charge in [-0.1, -0.05) is 60.6 Å². The summed E-state index contributed by atoms with van der Waals surface area (Å²) in [4.78, 5) is 21.8. The summed E-state index contributed by atoms with van der Waals surface area (Å²) in [5.41, 5.74) is 4.26. The molecule has 2 rings (SSSR count). The molecular weight excluding hydrogens is 344 g/mol. The molecule has 130 valence electrons. The number of thioether (sulfide) groups is 1. The molecule has 1 aromatic carbocycles. The lowest BCUT2D eigenvalue weighted by Gasteiger charge is -2.05. The normalized spacial score (nSPS) is 13.6. The minimum Gasteiger partial charge on any atom is -0.277 e. The van der Waals surface area contributed by atoms with E-state index in [9.17, 15) is 4.79 Å². The van der Waals surface area contributed by atoms with Crippen molar-refractivity contribution in [2.45, 2.75) is 38.5 Å². The van der Waals surface area contributed by atoms with E-state index in [1.54, 1.807) is 17.8 Å². The van der Waals surface area contributed by atoms with Crippen molar-refractivity contribution in [3.8, 4) is 0 Å². The van der Waals surface area contributed by atoms with Crippen LogP contribution in [-0.4, -0.2) is 18.2 Å². The molecule has 0 spiro atoms. The first-order valence-electron chi connectivity index (χ1n) is 7.67. The summed E-state index contributed by atoms with van der Waals surface area (Å²) >= 11 is 7.94. The Balaban J connectivity index is 0.000000277. The standard InChI is InChI=1S/C12H12ClNS.C6H11NO2/c1-3-10-8(2)14-12(13)9-6-4-5-7-11(9)15-10;1-3-4-5-6(8)7-9-2/h4-7H,3H2,1-2H3;3-4H,5H2,1-2H3,(H,7,8)/b;4-3-. The third-order valence-electron chi connectivity index (χ3n) is 3.09. The van der Waals surface area contributed by atoms with Gasteiger partial charge in [-0.2, -0.15) is 0 Å². The molecule has 0 atom stereocenters. The van der Waals surface area contributed by atoms with Crippen molar-refractivity contribution >= 4 is 34.4 Å². The fourth-order valence-corrected chi connectivity index (χ4v) is 3.28. The zero-order chi connectivity index (χ0) is 17.9. The smallest absolute Gasteiger partial charge is 0.247 e. The SMILES string of the molecule is C/C=C\CC(=O)NOC.CCC1=C(C)N=C(Cl)c2ccccc2S1. The van der Waals surface area contributed by atoms with E-state index in [0.717, 1.165) is 17.7 Å². The molecule has 0 aliphatic carbocycles. The van der Waals surface area contributed by atoms with Gasteiger partial charge in [-0.15, -0.1) is 0 Å². The summed E-state index contributed by atoms with van der Waals surface area (Å²) in [5, 5.41) is 0.596. The Kier molecular flexibility index (Phi) is 9.45. The van der Waals surface area contributed by atoms with Gasteiger partial charge < -0.3 is 0 Å². The number of amides is 1. The van der Waals surface area contributed by atoms with Gasteiger partial charge in [0.2, 0.25) is 5.91 Å². The van der Waals surface area contributed by atoms with E-state index in [4.69, 9.17) is 11.6 Å². The number of nitrogens with one attached hydrogen (secondary N) is 1. The Hall–Kier alpha value is -1.56. The Bertz CT molecular complexity index is 654. The van der Waals surface area contributed by atoms with Gasteiger partial charge in [0.05, 0.1) is 7.11 Å². The lowest BCUT2D eigenvalue weighted by molar-refractivity contribution is -0.130. The topological polar surface area (TPSA) is 50.7 Å². The monoisotopic (exact) mass is 366 g/mol. The van der Waals surface area contributed by atoms with Gasteiger partial charge in [0.15, 0.2) is 0 Å². The number of aliphatic imine (C=N–C) groups is 1. The lowest BCUT2D eigenvalue weighted by atomic mass is 10.2. The molecule has 0 radical (unpaired) electrons. The summed E-state index contributed by atoms with van der Waals surface area (Å²) in [6.45, 7) is 6.02. The van der Waals surface area contributed by atoms with Crippen LogP contribution >= 0.6 is 23.4 Å². The number of halogens is 1. The van der Waals surface area contributed by atoms with Crippen LogP contribution in [0.2, 0.25) is 0 Å². The molecule has 0 saturated heterocycles. The highest BCUT2D eigenvalue weighted by Crippen LogP contribution is 2.37. The molecule has 1 aliphatic rings. The first kappa shape index (κ1) is 20.5. The van der Waals surface area contributed by atoms with E-state index >= 15 is 0 Å². The predicted octanol–water partition coefficient (Wildman–Crippen LogP) is 5.05. The van der Waals surface area contributed by atoms with E-state index in [1.165, 1.54) is 16.9 Å². The quantitative estimate of drug-likeness (QED) is 0.599. The van der Waals surface area contributed by atoms with E-state index in [2.05, 4.69) is 28.3 Å². The Morgan fingerprint density at radius 3 is 2.75 bits per heavy atom. The number of hydrogen-bond acceptors (Lipinski definition) is 4. The number of carbonyl (C=O) groups excluding carboxylic acids is 1. The first-order valence-corrected chi connectivity index (χ1v) is 8.87. The molecule has 0 saturated carbocycles. The fourth-order valence-electron chi connectivity index (χ4n) is 1.91. The third-order valence-corrected chi connectivity index (χ3v) is 4.78. The number of rotatable bonds is 4. The van der Waals surface area contributed by atoms with Gasteiger partial charge in [-0.3, -0.25) is 9.63 Å². The van der Waals surface area contributed by atoms with Crippen molar-refractivity contribution in [1.29, 1.82) is 0 Å². The third kappa shape index (κ3) is 6.51. The highest BCUT2D eigenvalue weighted by atomic mass is 35.5. The predicted molar refractivity (Wildman–Crippen MR) is 102 cm³/mol. The molecule has 6 heteroatoms. The largest absolute Gasteiger partial charge is 0.277 e. The minimum atomic E-state index is -0.129.